The van der Waals surface area contributed by atoms with Gasteiger partial charge in [-0.15, -0.1) is 22.7 Å². The number of methoxy groups -OCH3 is 2. The molecule has 4 rings (SSSR count). The molecule has 4 unspecified atom stereocenters. The van der Waals surface area contributed by atoms with Crippen LogP contribution in [-0.4, -0.2) is 64.7 Å². The van der Waals surface area contributed by atoms with E-state index >= 15 is 0 Å². The number of benzene rings is 2. The first-order valence-corrected chi connectivity index (χ1v) is 27.0. The first kappa shape index (κ1) is 32.2. The van der Waals surface area contributed by atoms with Crippen LogP contribution in [0.1, 0.15) is 21.9 Å². The number of nitrogens with zero attached hydrogens (tertiary/aromatic N) is 2. The molecule has 13 heteroatoms. The summed E-state index contributed by atoms with van der Waals surface area (Å²) in [6.07, 6.45) is 0. The van der Waals surface area contributed by atoms with Gasteiger partial charge in [0.05, 0.1) is 49.5 Å². The molecule has 0 aliphatic rings. The van der Waals surface area contributed by atoms with Crippen molar-refractivity contribution >= 4 is 112 Å². The van der Waals surface area contributed by atoms with Crippen LogP contribution in [0.4, 0.5) is 0 Å². The monoisotopic (exact) mass is 688 g/mol. The van der Waals surface area contributed by atoms with Crippen molar-refractivity contribution in [1.82, 2.24) is 9.97 Å². The highest BCUT2D eigenvalue weighted by Gasteiger charge is 2.31. The van der Waals surface area contributed by atoms with Crippen molar-refractivity contribution in [3.8, 4) is 0 Å². The van der Waals surface area contributed by atoms with Gasteiger partial charge in [0.25, 0.3) is 0 Å². The lowest BCUT2D eigenvalue weighted by atomic mass is 10.2. The van der Waals surface area contributed by atoms with Crippen molar-refractivity contribution in [2.24, 2.45) is 0 Å². The van der Waals surface area contributed by atoms with E-state index in [0.29, 0.717) is 11.8 Å². The second kappa shape index (κ2) is 16.2. The van der Waals surface area contributed by atoms with Gasteiger partial charge in [-0.05, 0) is 53.7 Å². The molecule has 0 saturated heterocycles. The predicted molar refractivity (Wildman–Crippen MR) is 192 cm³/mol. The topological polar surface area (TPSA) is 44.2 Å². The Hall–Kier alpha value is 0.324. The lowest BCUT2D eigenvalue weighted by Gasteiger charge is -2.27. The van der Waals surface area contributed by atoms with Crippen LogP contribution in [0, 0.1) is 0 Å². The number of hydrogen-bond donors (Lipinski definition) is 0. The van der Waals surface area contributed by atoms with E-state index in [1.807, 2.05) is 88.0 Å². The minimum Gasteiger partial charge on any atom is -0.384 e. The van der Waals surface area contributed by atoms with Crippen LogP contribution in [0.15, 0.2) is 48.5 Å². The summed E-state index contributed by atoms with van der Waals surface area (Å²) in [6, 6.07) is 16.9. The molecule has 39 heavy (non-hydrogen) atoms. The summed E-state index contributed by atoms with van der Waals surface area (Å²) in [4.78, 5) is 10.0. The van der Waals surface area contributed by atoms with E-state index in [1.54, 1.807) is 0 Å². The van der Waals surface area contributed by atoms with Crippen LogP contribution in [0.5, 0.6) is 0 Å². The van der Waals surface area contributed by atoms with Crippen LogP contribution >= 0.6 is 73.7 Å². The van der Waals surface area contributed by atoms with Crippen molar-refractivity contribution in [3.63, 3.8) is 0 Å². The van der Waals surface area contributed by atoms with E-state index in [4.69, 9.17) is 19.4 Å². The van der Waals surface area contributed by atoms with Gasteiger partial charge in [0, 0.05) is 37.6 Å². The molecule has 0 bridgehead atoms. The quantitative estimate of drug-likeness (QED) is 0.0651. The molecular formula is C26H36N2O2S7Si2. The molecule has 0 aliphatic heterocycles. The van der Waals surface area contributed by atoms with Crippen LogP contribution in [-0.2, 0) is 9.47 Å². The van der Waals surface area contributed by atoms with Gasteiger partial charge in [0.15, 0.2) is 0 Å². The summed E-state index contributed by atoms with van der Waals surface area (Å²) < 4.78 is 14.6. The Morgan fingerprint density at radius 1 is 0.667 bits per heavy atom. The molecule has 212 valence electrons. The number of ether oxygens (including phenoxy) is 2. The summed E-state index contributed by atoms with van der Waals surface area (Å²) >= 11 is 3.65. The maximum Gasteiger partial charge on any atom is 0.100 e. The third-order valence-electron chi connectivity index (χ3n) is 6.55. The predicted octanol–water partition coefficient (Wildman–Crippen LogP) is 9.18. The fourth-order valence-electron chi connectivity index (χ4n) is 4.77. The van der Waals surface area contributed by atoms with Crippen LogP contribution in [0.2, 0.25) is 26.2 Å². The van der Waals surface area contributed by atoms with E-state index in [9.17, 15) is 0 Å². The van der Waals surface area contributed by atoms with E-state index < -0.39 is 17.6 Å². The molecule has 2 aromatic carbocycles. The zero-order valence-electron chi connectivity index (χ0n) is 23.1. The molecular weight excluding hydrogens is 653 g/mol. The summed E-state index contributed by atoms with van der Waals surface area (Å²) in [5, 5.41) is 2.43. The van der Waals surface area contributed by atoms with Gasteiger partial charge in [-0.3, -0.25) is 0 Å². The van der Waals surface area contributed by atoms with Gasteiger partial charge in [-0.2, -0.15) is 0 Å². The highest BCUT2D eigenvalue weighted by atomic mass is 33.8. The summed E-state index contributed by atoms with van der Waals surface area (Å²) in [5.41, 5.74) is 2.77. The van der Waals surface area contributed by atoms with E-state index in [0.717, 1.165) is 22.5 Å². The number of rotatable bonds is 16. The van der Waals surface area contributed by atoms with Gasteiger partial charge < -0.3 is 9.47 Å². The molecule has 4 atom stereocenters. The molecule has 4 aromatic rings. The number of fused-ring (bicyclic) bond motifs is 2. The smallest absolute Gasteiger partial charge is 0.100 e. The van der Waals surface area contributed by atoms with Crippen LogP contribution in [0.3, 0.4) is 0 Å². The number of aromatic nitrogens is 2. The SMILES string of the molecule is COC(C(CSSSSSCC(c1nc2ccccc2s1)C(OC)[SiH](C)C)c1nc2ccccc2s1)[SiH](C)C. The molecule has 0 saturated carbocycles. The minimum atomic E-state index is -1.01. The van der Waals surface area contributed by atoms with Crippen LogP contribution in [0.25, 0.3) is 20.4 Å². The molecule has 4 nitrogen and oxygen atoms in total. The minimum absolute atomic E-state index is 0.284. The fourth-order valence-corrected chi connectivity index (χ4v) is 20.6. The molecule has 0 radical (unpaired) electrons. The van der Waals surface area contributed by atoms with Gasteiger partial charge in [0.2, 0.25) is 0 Å². The Morgan fingerprint density at radius 2 is 1.08 bits per heavy atom. The fraction of sp³-hybridized carbons (Fsp3) is 0.462. The molecule has 2 heterocycles. The first-order valence-electron chi connectivity index (χ1n) is 12.9. The van der Waals surface area contributed by atoms with Crippen molar-refractivity contribution < 1.29 is 9.47 Å². The number of hydrogen-bond acceptors (Lipinski definition) is 11. The molecule has 0 spiro atoms. The zero-order valence-corrected chi connectivity index (χ0v) is 31.1. The molecule has 0 N–H and O–H groups in total. The zero-order chi connectivity index (χ0) is 27.8. The third-order valence-corrected chi connectivity index (χ3v) is 21.7. The molecule has 0 amide bonds. The summed E-state index contributed by atoms with van der Waals surface area (Å²) in [7, 11) is 11.2. The Bertz CT molecular complexity index is 1140. The van der Waals surface area contributed by atoms with Gasteiger partial charge in [-0.25, -0.2) is 9.97 Å². The van der Waals surface area contributed by atoms with Gasteiger partial charge in [-0.1, -0.05) is 72.0 Å². The Labute approximate surface area is 262 Å². The van der Waals surface area contributed by atoms with Crippen molar-refractivity contribution in [2.75, 3.05) is 25.7 Å². The highest BCUT2D eigenvalue weighted by Crippen LogP contribution is 2.51. The first-order chi connectivity index (χ1) is 18.9. The Kier molecular flexibility index (Phi) is 13.4. The Morgan fingerprint density at radius 3 is 1.44 bits per heavy atom. The maximum absolute atomic E-state index is 6.04. The van der Waals surface area contributed by atoms with Gasteiger partial charge in [0.1, 0.15) is 10.0 Å². The lowest BCUT2D eigenvalue weighted by Crippen LogP contribution is -2.34. The molecule has 0 aliphatic carbocycles. The van der Waals surface area contributed by atoms with Crippen molar-refractivity contribution in [1.29, 1.82) is 0 Å². The largest absolute Gasteiger partial charge is 0.384 e. The van der Waals surface area contributed by atoms with Gasteiger partial charge >= 0.3 is 0 Å². The second-order valence-corrected chi connectivity index (χ2v) is 26.2. The average Bonchev–Trinajstić information content (AvgIpc) is 3.55. The third kappa shape index (κ3) is 8.68. The summed E-state index contributed by atoms with van der Waals surface area (Å²) in [6.45, 7) is 9.51. The van der Waals surface area contributed by atoms with Crippen molar-refractivity contribution in [2.45, 2.75) is 49.5 Å². The number of thiazole rings is 2. The van der Waals surface area contributed by atoms with E-state index in [-0.39, 0.29) is 11.5 Å². The average molecular weight is 689 g/mol. The van der Waals surface area contributed by atoms with Crippen molar-refractivity contribution in [3.05, 3.63) is 58.5 Å². The maximum atomic E-state index is 6.04. The second-order valence-electron chi connectivity index (χ2n) is 9.91. The lowest BCUT2D eigenvalue weighted by molar-refractivity contribution is 0.144. The highest BCUT2D eigenvalue weighted by molar-refractivity contribution is 9.35. The van der Waals surface area contributed by atoms with E-state index in [2.05, 4.69) is 74.7 Å². The standard InChI is InChI=1S/C26H36N2O2S7Si2/c1-29-25(38(3)4)17(23-27-19-11-7-9-13-21(19)33-23)15-31-35-37-36-32-16-18(26(30-2)39(5)6)24-28-20-12-8-10-14-22(20)34-24/h7-14,17-18,25-26,38-39H,15-16H2,1-6H3. The normalized spacial score (nSPS) is 15.4. The summed E-state index contributed by atoms with van der Waals surface area (Å²) in [5.74, 6) is 2.67. The van der Waals surface area contributed by atoms with E-state index in [1.165, 1.54) is 19.4 Å². The van der Waals surface area contributed by atoms with Crippen LogP contribution < -0.4 is 0 Å². The Balaban J connectivity index is 1.32. The number of para-hydroxylation sites is 2. The molecule has 2 aromatic heterocycles. The molecule has 0 fully saturated rings.